The SMILES string of the molecule is FC(F)(F)c1ccccc1C(Nc1ccc(Cl)c(Cl)c1)c1cn[nH]c1. The van der Waals surface area contributed by atoms with E-state index < -0.39 is 17.8 Å². The van der Waals surface area contributed by atoms with Gasteiger partial charge in [-0.25, -0.2) is 0 Å². The van der Waals surface area contributed by atoms with E-state index in [0.717, 1.165) is 6.07 Å². The van der Waals surface area contributed by atoms with Crippen molar-refractivity contribution in [1.29, 1.82) is 0 Å². The molecule has 0 saturated carbocycles. The monoisotopic (exact) mass is 385 g/mol. The van der Waals surface area contributed by atoms with Gasteiger partial charge >= 0.3 is 6.18 Å². The lowest BCUT2D eigenvalue weighted by atomic mass is 9.95. The maximum Gasteiger partial charge on any atom is 0.416 e. The number of hydrogen-bond acceptors (Lipinski definition) is 2. The van der Waals surface area contributed by atoms with Gasteiger partial charge in [-0.1, -0.05) is 41.4 Å². The van der Waals surface area contributed by atoms with Crippen LogP contribution in [0.4, 0.5) is 18.9 Å². The normalized spacial score (nSPS) is 12.8. The molecule has 0 fully saturated rings. The molecule has 0 aliphatic heterocycles. The molecule has 0 aliphatic carbocycles. The summed E-state index contributed by atoms with van der Waals surface area (Å²) < 4.78 is 40.2. The summed E-state index contributed by atoms with van der Waals surface area (Å²) >= 11 is 11.9. The molecule has 0 radical (unpaired) electrons. The molecular formula is C17H12Cl2F3N3. The molecule has 0 saturated heterocycles. The first-order valence-electron chi connectivity index (χ1n) is 7.22. The number of alkyl halides is 3. The van der Waals surface area contributed by atoms with Gasteiger partial charge in [-0.05, 0) is 29.8 Å². The summed E-state index contributed by atoms with van der Waals surface area (Å²) in [4.78, 5) is 0. The Bertz CT molecular complexity index is 864. The number of hydrogen-bond donors (Lipinski definition) is 2. The number of nitrogens with one attached hydrogen (secondary N) is 2. The van der Waals surface area contributed by atoms with Crippen LogP contribution in [0.2, 0.25) is 10.0 Å². The van der Waals surface area contributed by atoms with Gasteiger partial charge in [-0.3, -0.25) is 5.10 Å². The molecule has 0 amide bonds. The largest absolute Gasteiger partial charge is 0.416 e. The smallest absolute Gasteiger partial charge is 0.374 e. The Balaban J connectivity index is 2.07. The summed E-state index contributed by atoms with van der Waals surface area (Å²) in [6, 6.07) is 9.43. The average Bonchev–Trinajstić information content (AvgIpc) is 3.09. The van der Waals surface area contributed by atoms with E-state index in [1.54, 1.807) is 30.5 Å². The van der Waals surface area contributed by atoms with Crippen LogP contribution in [0.25, 0.3) is 0 Å². The molecule has 2 aromatic carbocycles. The highest BCUT2D eigenvalue weighted by Crippen LogP contribution is 2.38. The van der Waals surface area contributed by atoms with Crippen molar-refractivity contribution in [2.24, 2.45) is 0 Å². The molecule has 0 spiro atoms. The van der Waals surface area contributed by atoms with E-state index in [1.165, 1.54) is 18.3 Å². The predicted molar refractivity (Wildman–Crippen MR) is 92.0 cm³/mol. The second-order valence-electron chi connectivity index (χ2n) is 5.32. The Morgan fingerprint density at radius 1 is 1.04 bits per heavy atom. The first-order chi connectivity index (χ1) is 11.9. The van der Waals surface area contributed by atoms with Crippen molar-refractivity contribution in [3.8, 4) is 0 Å². The fourth-order valence-corrected chi connectivity index (χ4v) is 2.82. The Morgan fingerprint density at radius 3 is 2.44 bits per heavy atom. The zero-order valence-corrected chi connectivity index (χ0v) is 14.1. The van der Waals surface area contributed by atoms with Crippen LogP contribution >= 0.6 is 23.2 Å². The van der Waals surface area contributed by atoms with Gasteiger partial charge in [0.2, 0.25) is 0 Å². The van der Waals surface area contributed by atoms with Gasteiger partial charge < -0.3 is 5.32 Å². The quantitative estimate of drug-likeness (QED) is 0.583. The van der Waals surface area contributed by atoms with E-state index in [9.17, 15) is 13.2 Å². The average molecular weight is 386 g/mol. The highest BCUT2D eigenvalue weighted by molar-refractivity contribution is 6.42. The molecule has 25 heavy (non-hydrogen) atoms. The Kier molecular flexibility index (Phi) is 4.92. The Labute approximate surface area is 151 Å². The summed E-state index contributed by atoms with van der Waals surface area (Å²) in [6.45, 7) is 0. The molecule has 130 valence electrons. The van der Waals surface area contributed by atoms with Crippen molar-refractivity contribution in [3.63, 3.8) is 0 Å². The van der Waals surface area contributed by atoms with Crippen LogP contribution < -0.4 is 5.32 Å². The third-order valence-electron chi connectivity index (χ3n) is 3.66. The van der Waals surface area contributed by atoms with E-state index in [-0.39, 0.29) is 5.56 Å². The van der Waals surface area contributed by atoms with Crippen molar-refractivity contribution in [3.05, 3.63) is 81.6 Å². The number of H-pyrrole nitrogens is 1. The lowest BCUT2D eigenvalue weighted by Gasteiger charge is -2.23. The molecule has 3 rings (SSSR count). The lowest BCUT2D eigenvalue weighted by Crippen LogP contribution is -2.18. The van der Waals surface area contributed by atoms with Crippen molar-refractivity contribution in [1.82, 2.24) is 10.2 Å². The van der Waals surface area contributed by atoms with E-state index >= 15 is 0 Å². The van der Waals surface area contributed by atoms with Gasteiger partial charge in [0.05, 0.1) is 27.8 Å². The molecule has 1 aromatic heterocycles. The number of aromatic nitrogens is 2. The molecule has 3 nitrogen and oxygen atoms in total. The molecule has 3 aromatic rings. The minimum atomic E-state index is -4.47. The van der Waals surface area contributed by atoms with Crippen LogP contribution in [0.1, 0.15) is 22.7 Å². The van der Waals surface area contributed by atoms with Crippen molar-refractivity contribution >= 4 is 28.9 Å². The number of aromatic amines is 1. The summed E-state index contributed by atoms with van der Waals surface area (Å²) in [5.41, 5.74) is 0.469. The van der Waals surface area contributed by atoms with Gasteiger partial charge in [-0.15, -0.1) is 0 Å². The third-order valence-corrected chi connectivity index (χ3v) is 4.40. The Hall–Kier alpha value is -2.18. The highest BCUT2D eigenvalue weighted by Gasteiger charge is 2.35. The van der Waals surface area contributed by atoms with Gasteiger partial charge in [-0.2, -0.15) is 18.3 Å². The van der Waals surface area contributed by atoms with Crippen LogP contribution in [0.15, 0.2) is 54.9 Å². The second-order valence-corrected chi connectivity index (χ2v) is 6.14. The molecule has 1 unspecified atom stereocenters. The molecule has 0 aliphatic rings. The van der Waals surface area contributed by atoms with Crippen LogP contribution in [0, 0.1) is 0 Å². The number of rotatable bonds is 4. The molecule has 1 atom stereocenters. The predicted octanol–water partition coefficient (Wildman–Crippen LogP) is 5.94. The molecule has 0 bridgehead atoms. The lowest BCUT2D eigenvalue weighted by molar-refractivity contribution is -0.138. The van der Waals surface area contributed by atoms with Crippen molar-refractivity contribution in [2.75, 3.05) is 5.32 Å². The highest BCUT2D eigenvalue weighted by atomic mass is 35.5. The van der Waals surface area contributed by atoms with Crippen LogP contribution in [-0.2, 0) is 6.18 Å². The summed E-state index contributed by atoms with van der Waals surface area (Å²) in [7, 11) is 0. The topological polar surface area (TPSA) is 40.7 Å². The molecule has 2 N–H and O–H groups in total. The van der Waals surface area contributed by atoms with E-state index in [2.05, 4.69) is 15.5 Å². The van der Waals surface area contributed by atoms with Gasteiger partial charge in [0.15, 0.2) is 0 Å². The van der Waals surface area contributed by atoms with Gasteiger partial charge in [0.25, 0.3) is 0 Å². The van der Waals surface area contributed by atoms with Gasteiger partial charge in [0.1, 0.15) is 0 Å². The van der Waals surface area contributed by atoms with Crippen LogP contribution in [0.5, 0.6) is 0 Å². The molecular weight excluding hydrogens is 374 g/mol. The maximum absolute atomic E-state index is 13.4. The zero-order valence-electron chi connectivity index (χ0n) is 12.6. The van der Waals surface area contributed by atoms with Crippen molar-refractivity contribution < 1.29 is 13.2 Å². The number of nitrogens with zero attached hydrogens (tertiary/aromatic N) is 1. The molecule has 1 heterocycles. The van der Waals surface area contributed by atoms with Crippen LogP contribution in [-0.4, -0.2) is 10.2 Å². The first-order valence-corrected chi connectivity index (χ1v) is 7.98. The number of benzene rings is 2. The summed E-state index contributed by atoms with van der Waals surface area (Å²) in [5.74, 6) is 0. The standard InChI is InChI=1S/C17H12Cl2F3N3/c18-14-6-5-11(7-15(14)19)25-16(10-8-23-24-9-10)12-3-1-2-4-13(12)17(20,21)22/h1-9,16,25H,(H,23,24). The summed E-state index contributed by atoms with van der Waals surface area (Å²) in [5, 5.41) is 10.2. The van der Waals surface area contributed by atoms with E-state index in [4.69, 9.17) is 23.2 Å². The van der Waals surface area contributed by atoms with Gasteiger partial charge in [0, 0.05) is 17.4 Å². The number of anilines is 1. The van der Waals surface area contributed by atoms with E-state index in [0.29, 0.717) is 21.3 Å². The maximum atomic E-state index is 13.4. The van der Waals surface area contributed by atoms with Crippen LogP contribution in [0.3, 0.4) is 0 Å². The third kappa shape index (κ3) is 3.91. The first kappa shape index (κ1) is 17.6. The minimum absolute atomic E-state index is 0.0856. The summed E-state index contributed by atoms with van der Waals surface area (Å²) in [6.07, 6.45) is -1.46. The fourth-order valence-electron chi connectivity index (χ4n) is 2.52. The Morgan fingerprint density at radius 2 is 1.80 bits per heavy atom. The number of halogens is 5. The fraction of sp³-hybridized carbons (Fsp3) is 0.118. The zero-order chi connectivity index (χ0) is 18.0. The molecule has 8 heteroatoms. The minimum Gasteiger partial charge on any atom is -0.374 e. The van der Waals surface area contributed by atoms with Crippen molar-refractivity contribution in [2.45, 2.75) is 12.2 Å². The van der Waals surface area contributed by atoms with E-state index in [1.807, 2.05) is 0 Å². The second kappa shape index (κ2) is 6.98.